The minimum atomic E-state index is -0.211. The van der Waals surface area contributed by atoms with E-state index in [1.165, 1.54) is 6.20 Å². The Labute approximate surface area is 142 Å². The fourth-order valence-corrected chi connectivity index (χ4v) is 2.57. The molecule has 1 heterocycles. The van der Waals surface area contributed by atoms with Crippen molar-refractivity contribution in [3.8, 4) is 5.75 Å². The third kappa shape index (κ3) is 4.98. The van der Waals surface area contributed by atoms with Crippen LogP contribution in [-0.2, 0) is 11.2 Å². The van der Waals surface area contributed by atoms with E-state index in [0.29, 0.717) is 6.42 Å². The molecule has 1 N–H and O–H groups in total. The standard InChI is InChI=1S/C19H24N2O3/c1-3-4-9-16(13-15-8-7-10-17(14-15)24-2)19(22)20-18-11-5-6-12-21(18)23/h5-8,10-12,14,16,23H,3-4,9,13H2,1-2H3. The van der Waals surface area contributed by atoms with Crippen LogP contribution in [0.5, 0.6) is 5.75 Å². The summed E-state index contributed by atoms with van der Waals surface area (Å²) in [4.78, 5) is 16.7. The summed E-state index contributed by atoms with van der Waals surface area (Å²) in [6.45, 7) is 2.10. The van der Waals surface area contributed by atoms with Crippen LogP contribution >= 0.6 is 0 Å². The number of carbonyl (C=O) groups excluding carboxylic acids is 1. The second-order valence-electron chi connectivity index (χ2n) is 5.75. The van der Waals surface area contributed by atoms with E-state index < -0.39 is 0 Å². The van der Waals surface area contributed by atoms with Crippen LogP contribution in [0.25, 0.3) is 0 Å². The Hall–Kier alpha value is -2.56. The van der Waals surface area contributed by atoms with Gasteiger partial charge in [-0.3, -0.25) is 4.79 Å². The molecule has 1 unspecified atom stereocenters. The van der Waals surface area contributed by atoms with Crippen molar-refractivity contribution in [2.45, 2.75) is 32.6 Å². The lowest BCUT2D eigenvalue weighted by Crippen LogP contribution is -2.23. The van der Waals surface area contributed by atoms with Crippen LogP contribution in [0.3, 0.4) is 0 Å². The van der Waals surface area contributed by atoms with E-state index in [1.54, 1.807) is 25.3 Å². The minimum Gasteiger partial charge on any atom is -0.497 e. The number of ether oxygens (including phenoxy) is 1. The molecule has 5 heteroatoms. The summed E-state index contributed by atoms with van der Waals surface area (Å²) in [5.41, 5.74) is 1.29. The molecule has 1 aromatic carbocycles. The zero-order valence-electron chi connectivity index (χ0n) is 14.2. The molecule has 1 amide bonds. The van der Waals surface area contributed by atoms with Gasteiger partial charge in [-0.2, -0.15) is 9.72 Å². The van der Waals surface area contributed by atoms with Gasteiger partial charge >= 0.3 is 0 Å². The van der Waals surface area contributed by atoms with E-state index >= 15 is 0 Å². The van der Waals surface area contributed by atoms with Gasteiger partial charge in [0.05, 0.1) is 7.11 Å². The van der Waals surface area contributed by atoms with Crippen molar-refractivity contribution in [3.63, 3.8) is 0 Å². The normalized spacial score (nSPS) is 12.8. The molecule has 0 radical (unpaired) electrons. The molecular formula is C19H24N2O3. The Bertz CT molecular complexity index is 737. The monoisotopic (exact) mass is 328 g/mol. The van der Waals surface area contributed by atoms with Crippen LogP contribution < -0.4 is 10.2 Å². The first kappa shape index (κ1) is 17.8. The van der Waals surface area contributed by atoms with Gasteiger partial charge in [0.25, 0.3) is 5.91 Å². The summed E-state index contributed by atoms with van der Waals surface area (Å²) < 4.78 is 6.11. The predicted octanol–water partition coefficient (Wildman–Crippen LogP) is 3.21. The quantitative estimate of drug-likeness (QED) is 0.794. The van der Waals surface area contributed by atoms with Crippen LogP contribution in [0, 0.1) is 5.92 Å². The number of pyridine rings is 1. The van der Waals surface area contributed by atoms with Crippen molar-refractivity contribution in [3.05, 3.63) is 59.7 Å². The second-order valence-corrected chi connectivity index (χ2v) is 5.75. The van der Waals surface area contributed by atoms with Gasteiger partial charge in [-0.05, 0) is 42.7 Å². The average Bonchev–Trinajstić information content (AvgIpc) is 2.60. The number of hydrogen-bond acceptors (Lipinski definition) is 3. The van der Waals surface area contributed by atoms with Crippen molar-refractivity contribution in [2.24, 2.45) is 10.9 Å². The van der Waals surface area contributed by atoms with Crippen LogP contribution in [0.1, 0.15) is 31.7 Å². The Morgan fingerprint density at radius 1 is 1.29 bits per heavy atom. The number of methoxy groups -OCH3 is 1. The lowest BCUT2D eigenvalue weighted by Gasteiger charge is -2.13. The molecule has 0 bridgehead atoms. The number of amides is 1. The van der Waals surface area contributed by atoms with Gasteiger partial charge in [0.2, 0.25) is 0 Å². The third-order valence-corrected chi connectivity index (χ3v) is 3.91. The van der Waals surface area contributed by atoms with Gasteiger partial charge < -0.3 is 9.94 Å². The van der Waals surface area contributed by atoms with Gasteiger partial charge in [0.1, 0.15) is 5.75 Å². The topological polar surface area (TPSA) is 63.8 Å². The number of rotatable bonds is 7. The maximum atomic E-state index is 12.6. The molecule has 0 saturated heterocycles. The van der Waals surface area contributed by atoms with Crippen molar-refractivity contribution in [2.75, 3.05) is 7.11 Å². The predicted molar refractivity (Wildman–Crippen MR) is 91.9 cm³/mol. The average molecular weight is 328 g/mol. The first-order valence-electron chi connectivity index (χ1n) is 8.22. The highest BCUT2D eigenvalue weighted by atomic mass is 16.5. The van der Waals surface area contributed by atoms with Crippen molar-refractivity contribution >= 4 is 5.91 Å². The first-order valence-corrected chi connectivity index (χ1v) is 8.22. The molecule has 1 atom stereocenters. The maximum absolute atomic E-state index is 12.6. The zero-order valence-corrected chi connectivity index (χ0v) is 14.2. The highest BCUT2D eigenvalue weighted by molar-refractivity contribution is 5.79. The number of aromatic nitrogens is 1. The maximum Gasteiger partial charge on any atom is 0.251 e. The van der Waals surface area contributed by atoms with Gasteiger partial charge in [0, 0.05) is 12.1 Å². The second kappa shape index (κ2) is 8.91. The van der Waals surface area contributed by atoms with Gasteiger partial charge in [-0.1, -0.05) is 38.0 Å². The molecule has 0 aliphatic rings. The molecule has 0 aliphatic carbocycles. The van der Waals surface area contributed by atoms with E-state index in [2.05, 4.69) is 11.9 Å². The van der Waals surface area contributed by atoms with E-state index in [4.69, 9.17) is 4.74 Å². The molecule has 2 rings (SSSR count). The molecule has 0 fully saturated rings. The smallest absolute Gasteiger partial charge is 0.251 e. The fourth-order valence-electron chi connectivity index (χ4n) is 2.57. The van der Waals surface area contributed by atoms with Crippen LogP contribution in [0.2, 0.25) is 0 Å². The van der Waals surface area contributed by atoms with Crippen molar-refractivity contribution < 1.29 is 14.7 Å². The zero-order chi connectivity index (χ0) is 17.4. The molecule has 5 nitrogen and oxygen atoms in total. The van der Waals surface area contributed by atoms with E-state index in [9.17, 15) is 10.0 Å². The Kier molecular flexibility index (Phi) is 6.61. The van der Waals surface area contributed by atoms with Crippen LogP contribution in [0.15, 0.2) is 53.7 Å². The Morgan fingerprint density at radius 3 is 2.83 bits per heavy atom. The number of benzene rings is 1. The van der Waals surface area contributed by atoms with E-state index in [-0.39, 0.29) is 17.3 Å². The van der Waals surface area contributed by atoms with Crippen LogP contribution in [0.4, 0.5) is 0 Å². The molecular weight excluding hydrogens is 304 g/mol. The summed E-state index contributed by atoms with van der Waals surface area (Å²) in [6.07, 6.45) is 4.82. The van der Waals surface area contributed by atoms with Crippen molar-refractivity contribution in [1.29, 1.82) is 0 Å². The van der Waals surface area contributed by atoms with Gasteiger partial charge in [-0.25, -0.2) is 0 Å². The largest absolute Gasteiger partial charge is 0.497 e. The third-order valence-electron chi connectivity index (χ3n) is 3.91. The summed E-state index contributed by atoms with van der Waals surface area (Å²) in [6, 6.07) is 12.8. The number of nitrogens with zero attached hydrogens (tertiary/aromatic N) is 2. The number of carbonyl (C=O) groups is 1. The van der Waals surface area contributed by atoms with Crippen molar-refractivity contribution in [1.82, 2.24) is 4.73 Å². The van der Waals surface area contributed by atoms with E-state index in [0.717, 1.165) is 35.3 Å². The highest BCUT2D eigenvalue weighted by Gasteiger charge is 2.18. The summed E-state index contributed by atoms with van der Waals surface area (Å²) in [5, 5.41) is 9.73. The van der Waals surface area contributed by atoms with Crippen LogP contribution in [-0.4, -0.2) is 23.0 Å². The molecule has 0 spiro atoms. The highest BCUT2D eigenvalue weighted by Crippen LogP contribution is 2.20. The summed E-state index contributed by atoms with van der Waals surface area (Å²) in [7, 11) is 1.63. The number of unbranched alkanes of at least 4 members (excludes halogenated alkanes) is 1. The summed E-state index contributed by atoms with van der Waals surface area (Å²) in [5.74, 6) is 0.361. The molecule has 1 aromatic heterocycles. The molecule has 0 saturated carbocycles. The Balaban J connectivity index is 2.22. The Morgan fingerprint density at radius 2 is 2.12 bits per heavy atom. The fraction of sp³-hybridized carbons (Fsp3) is 0.368. The number of hydrogen-bond donors (Lipinski definition) is 1. The first-order chi connectivity index (χ1) is 11.6. The van der Waals surface area contributed by atoms with Gasteiger partial charge in [0.15, 0.2) is 5.49 Å². The molecule has 128 valence electrons. The lowest BCUT2D eigenvalue weighted by atomic mass is 9.93. The summed E-state index contributed by atoms with van der Waals surface area (Å²) >= 11 is 0. The van der Waals surface area contributed by atoms with Gasteiger partial charge in [-0.15, -0.1) is 0 Å². The SMILES string of the molecule is CCCCC(Cc1cccc(OC)c1)C(=O)N=c1ccccn1O. The minimum absolute atomic E-state index is 0.208. The lowest BCUT2D eigenvalue weighted by molar-refractivity contribution is -0.122. The molecule has 2 aromatic rings. The molecule has 24 heavy (non-hydrogen) atoms. The van der Waals surface area contributed by atoms with E-state index in [1.807, 2.05) is 24.3 Å². The molecule has 0 aliphatic heterocycles.